The van der Waals surface area contributed by atoms with E-state index in [1.807, 2.05) is 24.3 Å². The number of carbonyl (C=O) groups excluding carboxylic acids is 1. The second kappa shape index (κ2) is 6.99. The van der Waals surface area contributed by atoms with Crippen LogP contribution in [-0.2, 0) is 17.6 Å². The molecule has 0 radical (unpaired) electrons. The van der Waals surface area contributed by atoms with E-state index < -0.39 is 0 Å². The van der Waals surface area contributed by atoms with Crippen LogP contribution in [0, 0.1) is 0 Å². The van der Waals surface area contributed by atoms with E-state index in [1.54, 1.807) is 23.4 Å². The molecule has 1 fully saturated rings. The summed E-state index contributed by atoms with van der Waals surface area (Å²) in [5, 5.41) is 3.93. The van der Waals surface area contributed by atoms with Gasteiger partial charge in [-0.15, -0.1) is 0 Å². The Labute approximate surface area is 161 Å². The fourth-order valence-corrected chi connectivity index (χ4v) is 3.75. The summed E-state index contributed by atoms with van der Waals surface area (Å²) in [6.45, 7) is 0.719. The predicted molar refractivity (Wildman–Crippen MR) is 101 cm³/mol. The molecule has 28 heavy (non-hydrogen) atoms. The number of aromatic nitrogens is 2. The Morgan fingerprint density at radius 2 is 2.14 bits per heavy atom. The van der Waals surface area contributed by atoms with Crippen LogP contribution in [0.5, 0.6) is 5.88 Å². The van der Waals surface area contributed by atoms with Crippen LogP contribution in [0.4, 0.5) is 10.5 Å². The Bertz CT molecular complexity index is 1000. The average Bonchev–Trinajstić information content (AvgIpc) is 3.29. The summed E-state index contributed by atoms with van der Waals surface area (Å²) in [5.74, 6) is 1.45. The molecule has 1 atom stereocenters. The standard InChI is InChI=1S/C21H19N3O4/c25-21-24(12-16(27-21)13-26-20-6-1-2-9-22-20)15-7-8-17-14(10-15)4-3-5-19-18(17)11-23-28-19/h1-2,6-11,16H,3-5,12-13H2. The molecule has 0 bridgehead atoms. The number of hydrogen-bond acceptors (Lipinski definition) is 6. The van der Waals surface area contributed by atoms with E-state index in [1.165, 1.54) is 5.56 Å². The van der Waals surface area contributed by atoms with Crippen LogP contribution in [0.3, 0.4) is 0 Å². The number of anilines is 1. The molecule has 7 nitrogen and oxygen atoms in total. The third-order valence-electron chi connectivity index (χ3n) is 5.11. The largest absolute Gasteiger partial charge is 0.474 e. The number of hydrogen-bond donors (Lipinski definition) is 0. The minimum absolute atomic E-state index is 0.272. The number of carbonyl (C=O) groups is 1. The third kappa shape index (κ3) is 3.09. The molecule has 3 heterocycles. The number of rotatable bonds is 4. The van der Waals surface area contributed by atoms with E-state index in [0.29, 0.717) is 12.4 Å². The Morgan fingerprint density at radius 1 is 1.18 bits per heavy atom. The lowest BCUT2D eigenvalue weighted by atomic mass is 9.99. The number of aryl methyl sites for hydroxylation is 2. The molecular formula is C21H19N3O4. The van der Waals surface area contributed by atoms with Gasteiger partial charge in [0.05, 0.1) is 12.7 Å². The number of amides is 1. The number of benzene rings is 1. The Kier molecular flexibility index (Phi) is 4.20. The molecule has 1 amide bonds. The molecule has 142 valence electrons. The quantitative estimate of drug-likeness (QED) is 0.691. The summed E-state index contributed by atoms with van der Waals surface area (Å²) in [4.78, 5) is 18.2. The summed E-state index contributed by atoms with van der Waals surface area (Å²) in [6, 6.07) is 11.5. The third-order valence-corrected chi connectivity index (χ3v) is 5.11. The van der Waals surface area contributed by atoms with Gasteiger partial charge >= 0.3 is 6.09 Å². The average molecular weight is 377 g/mol. The van der Waals surface area contributed by atoms with Crippen molar-refractivity contribution in [3.05, 3.63) is 60.1 Å². The van der Waals surface area contributed by atoms with Gasteiger partial charge in [0.2, 0.25) is 5.88 Å². The zero-order valence-corrected chi connectivity index (χ0v) is 15.2. The maximum atomic E-state index is 12.4. The first-order chi connectivity index (χ1) is 13.8. The van der Waals surface area contributed by atoms with Crippen molar-refractivity contribution in [3.8, 4) is 17.0 Å². The monoisotopic (exact) mass is 377 g/mol. The second-order valence-corrected chi connectivity index (χ2v) is 6.95. The first kappa shape index (κ1) is 16.8. The van der Waals surface area contributed by atoms with Crippen LogP contribution >= 0.6 is 0 Å². The predicted octanol–water partition coefficient (Wildman–Crippen LogP) is 3.63. The molecule has 5 rings (SSSR count). The fourth-order valence-electron chi connectivity index (χ4n) is 3.75. The van der Waals surface area contributed by atoms with Crippen LogP contribution in [0.25, 0.3) is 11.1 Å². The zero-order chi connectivity index (χ0) is 18.9. The lowest BCUT2D eigenvalue weighted by molar-refractivity contribution is 0.103. The molecule has 2 aliphatic rings. The van der Waals surface area contributed by atoms with Gasteiger partial charge in [0.25, 0.3) is 0 Å². The topological polar surface area (TPSA) is 77.7 Å². The molecular weight excluding hydrogens is 358 g/mol. The minimum Gasteiger partial charge on any atom is -0.474 e. The number of ether oxygens (including phenoxy) is 2. The number of pyridine rings is 1. The van der Waals surface area contributed by atoms with E-state index in [-0.39, 0.29) is 18.8 Å². The Hall–Kier alpha value is -3.35. The van der Waals surface area contributed by atoms with Crippen molar-refractivity contribution in [1.82, 2.24) is 10.1 Å². The van der Waals surface area contributed by atoms with Gasteiger partial charge in [0, 0.05) is 29.9 Å². The second-order valence-electron chi connectivity index (χ2n) is 6.95. The van der Waals surface area contributed by atoms with E-state index in [9.17, 15) is 4.79 Å². The van der Waals surface area contributed by atoms with Crippen LogP contribution in [0.1, 0.15) is 17.7 Å². The SMILES string of the molecule is O=C1OC(COc2ccccn2)CN1c1ccc2c(c1)CCCc1oncc1-2. The normalized spacial score (nSPS) is 18.2. The summed E-state index contributed by atoms with van der Waals surface area (Å²) in [7, 11) is 0. The number of nitrogens with zero attached hydrogens (tertiary/aromatic N) is 3. The van der Waals surface area contributed by atoms with E-state index in [0.717, 1.165) is 41.8 Å². The number of cyclic esters (lactones) is 1. The molecule has 1 saturated heterocycles. The molecule has 0 saturated carbocycles. The van der Waals surface area contributed by atoms with Gasteiger partial charge in [-0.25, -0.2) is 9.78 Å². The van der Waals surface area contributed by atoms with E-state index in [2.05, 4.69) is 16.2 Å². The number of fused-ring (bicyclic) bond motifs is 3. The highest BCUT2D eigenvalue weighted by Crippen LogP contribution is 2.35. The van der Waals surface area contributed by atoms with Gasteiger partial charge in [-0.2, -0.15) is 0 Å². The highest BCUT2D eigenvalue weighted by molar-refractivity contribution is 5.90. The van der Waals surface area contributed by atoms with Crippen molar-refractivity contribution in [2.45, 2.75) is 25.4 Å². The van der Waals surface area contributed by atoms with Crippen LogP contribution in [0.15, 0.2) is 53.3 Å². The summed E-state index contributed by atoms with van der Waals surface area (Å²) < 4.78 is 16.5. The smallest absolute Gasteiger partial charge is 0.414 e. The van der Waals surface area contributed by atoms with Gasteiger partial charge in [-0.3, -0.25) is 4.90 Å². The Balaban J connectivity index is 1.33. The van der Waals surface area contributed by atoms with Gasteiger partial charge in [-0.05, 0) is 42.2 Å². The van der Waals surface area contributed by atoms with Gasteiger partial charge in [-0.1, -0.05) is 17.3 Å². The van der Waals surface area contributed by atoms with Crippen molar-refractivity contribution >= 4 is 11.8 Å². The minimum atomic E-state index is -0.353. The first-order valence-corrected chi connectivity index (χ1v) is 9.37. The summed E-state index contributed by atoms with van der Waals surface area (Å²) >= 11 is 0. The lowest BCUT2D eigenvalue weighted by Crippen LogP contribution is -2.26. The highest BCUT2D eigenvalue weighted by atomic mass is 16.6. The zero-order valence-electron chi connectivity index (χ0n) is 15.2. The van der Waals surface area contributed by atoms with Crippen molar-refractivity contribution in [1.29, 1.82) is 0 Å². The molecule has 3 aromatic rings. The molecule has 0 N–H and O–H groups in total. The lowest BCUT2D eigenvalue weighted by Gasteiger charge is -2.16. The molecule has 1 aromatic carbocycles. The first-order valence-electron chi connectivity index (χ1n) is 9.37. The molecule has 7 heteroatoms. The molecule has 2 aromatic heterocycles. The van der Waals surface area contributed by atoms with Crippen LogP contribution in [0.2, 0.25) is 0 Å². The molecule has 1 aliphatic carbocycles. The van der Waals surface area contributed by atoms with Crippen molar-refractivity contribution < 1.29 is 18.8 Å². The van der Waals surface area contributed by atoms with Gasteiger partial charge in [0.15, 0.2) is 6.10 Å². The maximum Gasteiger partial charge on any atom is 0.414 e. The summed E-state index contributed by atoms with van der Waals surface area (Å²) in [5.41, 5.74) is 4.20. The van der Waals surface area contributed by atoms with Crippen molar-refractivity contribution in [2.75, 3.05) is 18.1 Å². The fraction of sp³-hybridized carbons (Fsp3) is 0.286. The van der Waals surface area contributed by atoms with Crippen LogP contribution < -0.4 is 9.64 Å². The van der Waals surface area contributed by atoms with Gasteiger partial charge < -0.3 is 14.0 Å². The van der Waals surface area contributed by atoms with Crippen LogP contribution in [-0.4, -0.2) is 35.5 Å². The molecule has 1 aliphatic heterocycles. The molecule has 0 spiro atoms. The highest BCUT2D eigenvalue weighted by Gasteiger charge is 2.33. The van der Waals surface area contributed by atoms with E-state index >= 15 is 0 Å². The van der Waals surface area contributed by atoms with Crippen molar-refractivity contribution in [2.24, 2.45) is 0 Å². The Morgan fingerprint density at radius 3 is 3.04 bits per heavy atom. The summed E-state index contributed by atoms with van der Waals surface area (Å²) in [6.07, 6.45) is 5.55. The van der Waals surface area contributed by atoms with Crippen molar-refractivity contribution in [3.63, 3.8) is 0 Å². The molecule has 1 unspecified atom stereocenters. The maximum absolute atomic E-state index is 12.4. The van der Waals surface area contributed by atoms with E-state index in [4.69, 9.17) is 14.0 Å². The van der Waals surface area contributed by atoms with Gasteiger partial charge in [0.1, 0.15) is 12.4 Å².